The third-order valence-corrected chi connectivity index (χ3v) is 4.12. The van der Waals surface area contributed by atoms with Gasteiger partial charge in [0.1, 0.15) is 5.75 Å². The van der Waals surface area contributed by atoms with Crippen molar-refractivity contribution >= 4 is 5.69 Å². The SMILES string of the molecule is COc1ccc2c(c1)C(c1ccccc1)C(CC(C)N)N2. The lowest BCUT2D eigenvalue weighted by molar-refractivity contribution is 0.414. The molecule has 1 heterocycles. The quantitative estimate of drug-likeness (QED) is 0.904. The zero-order valence-electron chi connectivity index (χ0n) is 12.5. The smallest absolute Gasteiger partial charge is 0.119 e. The fourth-order valence-electron chi connectivity index (χ4n) is 3.22. The van der Waals surface area contributed by atoms with Crippen LogP contribution in [0.5, 0.6) is 5.75 Å². The lowest BCUT2D eigenvalue weighted by atomic mass is 9.85. The molecular weight excluding hydrogens is 260 g/mol. The summed E-state index contributed by atoms with van der Waals surface area (Å²) in [5.74, 6) is 1.22. The van der Waals surface area contributed by atoms with E-state index in [-0.39, 0.29) is 6.04 Å². The van der Waals surface area contributed by atoms with Crippen LogP contribution >= 0.6 is 0 Å². The van der Waals surface area contributed by atoms with Gasteiger partial charge in [-0.15, -0.1) is 0 Å². The van der Waals surface area contributed by atoms with Gasteiger partial charge in [0.2, 0.25) is 0 Å². The van der Waals surface area contributed by atoms with Gasteiger partial charge in [0.05, 0.1) is 7.11 Å². The number of ether oxygens (including phenoxy) is 1. The molecule has 0 aromatic heterocycles. The van der Waals surface area contributed by atoms with E-state index in [0.29, 0.717) is 12.0 Å². The van der Waals surface area contributed by atoms with Crippen LogP contribution in [0.15, 0.2) is 48.5 Å². The summed E-state index contributed by atoms with van der Waals surface area (Å²) in [4.78, 5) is 0. The largest absolute Gasteiger partial charge is 0.497 e. The Morgan fingerprint density at radius 3 is 2.62 bits per heavy atom. The van der Waals surface area contributed by atoms with E-state index in [1.807, 2.05) is 6.07 Å². The Hall–Kier alpha value is -2.00. The minimum atomic E-state index is 0.171. The van der Waals surface area contributed by atoms with E-state index >= 15 is 0 Å². The van der Waals surface area contributed by atoms with E-state index in [9.17, 15) is 0 Å². The summed E-state index contributed by atoms with van der Waals surface area (Å²) in [6.07, 6.45) is 0.941. The number of fused-ring (bicyclic) bond motifs is 1. The van der Waals surface area contributed by atoms with Crippen molar-refractivity contribution in [3.63, 3.8) is 0 Å². The van der Waals surface area contributed by atoms with Gasteiger partial charge in [-0.1, -0.05) is 30.3 Å². The maximum Gasteiger partial charge on any atom is 0.119 e. The Kier molecular flexibility index (Phi) is 3.84. The van der Waals surface area contributed by atoms with Gasteiger partial charge in [0.25, 0.3) is 0 Å². The third kappa shape index (κ3) is 2.74. The van der Waals surface area contributed by atoms with E-state index in [1.54, 1.807) is 7.11 Å². The molecule has 21 heavy (non-hydrogen) atoms. The zero-order chi connectivity index (χ0) is 14.8. The summed E-state index contributed by atoms with van der Waals surface area (Å²) in [5, 5.41) is 3.63. The van der Waals surface area contributed by atoms with Gasteiger partial charge in [0, 0.05) is 23.7 Å². The van der Waals surface area contributed by atoms with Crippen LogP contribution in [-0.2, 0) is 0 Å². The average Bonchev–Trinajstić information content (AvgIpc) is 2.84. The van der Waals surface area contributed by atoms with Gasteiger partial charge >= 0.3 is 0 Å². The van der Waals surface area contributed by atoms with Crippen molar-refractivity contribution < 1.29 is 4.74 Å². The molecule has 0 saturated heterocycles. The van der Waals surface area contributed by atoms with Crippen molar-refractivity contribution in [2.45, 2.75) is 31.3 Å². The fourth-order valence-corrected chi connectivity index (χ4v) is 3.22. The van der Waals surface area contributed by atoms with Crippen molar-refractivity contribution in [1.29, 1.82) is 0 Å². The molecule has 2 aromatic rings. The average molecular weight is 282 g/mol. The molecule has 0 spiro atoms. The minimum Gasteiger partial charge on any atom is -0.497 e. The maximum absolute atomic E-state index is 6.04. The Bertz CT molecular complexity index is 610. The number of nitrogens with two attached hydrogens (primary N) is 1. The van der Waals surface area contributed by atoms with Crippen molar-refractivity contribution in [2.75, 3.05) is 12.4 Å². The predicted octanol–water partition coefficient (Wildman–Crippen LogP) is 3.36. The van der Waals surface area contributed by atoms with E-state index in [0.717, 1.165) is 12.2 Å². The van der Waals surface area contributed by atoms with E-state index in [1.165, 1.54) is 16.8 Å². The van der Waals surface area contributed by atoms with Crippen LogP contribution in [0.2, 0.25) is 0 Å². The molecular formula is C18H22N2O. The lowest BCUT2D eigenvalue weighted by Crippen LogP contribution is -2.29. The molecule has 2 aromatic carbocycles. The van der Waals surface area contributed by atoms with E-state index < -0.39 is 0 Å². The first kappa shape index (κ1) is 14.0. The molecule has 0 saturated carbocycles. The fraction of sp³-hybridized carbons (Fsp3) is 0.333. The Labute approximate surface area is 126 Å². The van der Waals surface area contributed by atoms with Gasteiger partial charge in [-0.05, 0) is 42.7 Å². The van der Waals surface area contributed by atoms with Crippen molar-refractivity contribution in [3.05, 3.63) is 59.7 Å². The normalized spacial score (nSPS) is 21.5. The number of nitrogens with one attached hydrogen (secondary N) is 1. The topological polar surface area (TPSA) is 47.3 Å². The molecule has 110 valence electrons. The summed E-state index contributed by atoms with van der Waals surface area (Å²) in [7, 11) is 1.71. The van der Waals surface area contributed by atoms with Crippen molar-refractivity contribution in [3.8, 4) is 5.75 Å². The summed E-state index contributed by atoms with van der Waals surface area (Å²) >= 11 is 0. The number of rotatable bonds is 4. The first-order valence-corrected chi connectivity index (χ1v) is 7.44. The van der Waals surface area contributed by atoms with Crippen LogP contribution in [0.4, 0.5) is 5.69 Å². The molecule has 1 aliphatic rings. The monoisotopic (exact) mass is 282 g/mol. The van der Waals surface area contributed by atoms with Gasteiger partial charge in [0.15, 0.2) is 0 Å². The zero-order valence-corrected chi connectivity index (χ0v) is 12.5. The molecule has 0 amide bonds. The summed E-state index contributed by atoms with van der Waals surface area (Å²) in [6, 6.07) is 17.4. The molecule has 3 unspecified atom stereocenters. The molecule has 3 nitrogen and oxygen atoms in total. The van der Waals surface area contributed by atoms with Crippen LogP contribution in [0.25, 0.3) is 0 Å². The van der Waals surface area contributed by atoms with Gasteiger partial charge in [-0.2, -0.15) is 0 Å². The Morgan fingerprint density at radius 2 is 1.95 bits per heavy atom. The molecule has 3 atom stereocenters. The van der Waals surface area contributed by atoms with Crippen LogP contribution in [0, 0.1) is 0 Å². The van der Waals surface area contributed by atoms with Crippen LogP contribution in [0.1, 0.15) is 30.4 Å². The first-order chi connectivity index (χ1) is 10.2. The van der Waals surface area contributed by atoms with Gasteiger partial charge < -0.3 is 15.8 Å². The van der Waals surface area contributed by atoms with Crippen LogP contribution in [0.3, 0.4) is 0 Å². The van der Waals surface area contributed by atoms with Crippen molar-refractivity contribution in [2.24, 2.45) is 5.73 Å². The maximum atomic E-state index is 6.04. The van der Waals surface area contributed by atoms with E-state index in [4.69, 9.17) is 10.5 Å². The molecule has 0 fully saturated rings. The van der Waals surface area contributed by atoms with Crippen molar-refractivity contribution in [1.82, 2.24) is 0 Å². The highest BCUT2D eigenvalue weighted by Gasteiger charge is 2.33. The standard InChI is InChI=1S/C18H22N2O/c1-12(19)10-17-18(13-6-4-3-5-7-13)15-11-14(21-2)8-9-16(15)20-17/h3-9,11-12,17-18,20H,10,19H2,1-2H3. The predicted molar refractivity (Wildman–Crippen MR) is 87.0 cm³/mol. The van der Waals surface area contributed by atoms with Crippen LogP contribution in [-0.4, -0.2) is 19.2 Å². The minimum absolute atomic E-state index is 0.171. The third-order valence-electron chi connectivity index (χ3n) is 4.12. The molecule has 3 heteroatoms. The number of benzene rings is 2. The Balaban J connectivity index is 2.03. The second-order valence-electron chi connectivity index (χ2n) is 5.81. The van der Waals surface area contributed by atoms with E-state index in [2.05, 4.69) is 54.7 Å². The van der Waals surface area contributed by atoms with Gasteiger partial charge in [-0.3, -0.25) is 0 Å². The highest BCUT2D eigenvalue weighted by atomic mass is 16.5. The second kappa shape index (κ2) is 5.78. The number of methoxy groups -OCH3 is 1. The molecule has 1 aliphatic heterocycles. The number of hydrogen-bond donors (Lipinski definition) is 2. The summed E-state index contributed by atoms with van der Waals surface area (Å²) in [5.41, 5.74) is 9.85. The number of anilines is 1. The second-order valence-corrected chi connectivity index (χ2v) is 5.81. The molecule has 0 radical (unpaired) electrons. The Morgan fingerprint density at radius 1 is 1.19 bits per heavy atom. The highest BCUT2D eigenvalue weighted by molar-refractivity contribution is 5.64. The highest BCUT2D eigenvalue weighted by Crippen LogP contribution is 2.43. The number of hydrogen-bond acceptors (Lipinski definition) is 3. The van der Waals surface area contributed by atoms with Crippen LogP contribution < -0.4 is 15.8 Å². The first-order valence-electron chi connectivity index (χ1n) is 7.44. The molecule has 3 N–H and O–H groups in total. The summed E-state index contributed by atoms with van der Waals surface area (Å²) in [6.45, 7) is 2.06. The lowest BCUT2D eigenvalue weighted by Gasteiger charge is -2.22. The van der Waals surface area contributed by atoms with Gasteiger partial charge in [-0.25, -0.2) is 0 Å². The molecule has 3 rings (SSSR count). The summed E-state index contributed by atoms with van der Waals surface area (Å²) < 4.78 is 5.39. The molecule has 0 bridgehead atoms. The molecule has 0 aliphatic carbocycles.